The van der Waals surface area contributed by atoms with Gasteiger partial charge in [-0.3, -0.25) is 4.79 Å². The van der Waals surface area contributed by atoms with Crippen LogP contribution in [0.5, 0.6) is 0 Å². The van der Waals surface area contributed by atoms with Crippen LogP contribution in [-0.2, 0) is 9.53 Å². The Morgan fingerprint density at radius 2 is 1.95 bits per heavy atom. The lowest BCUT2D eigenvalue weighted by molar-refractivity contribution is -0.116. The Kier molecular flexibility index (Phi) is 5.75. The molecule has 0 radical (unpaired) electrons. The molecule has 5 nitrogen and oxygen atoms in total. The summed E-state index contributed by atoms with van der Waals surface area (Å²) in [4.78, 5) is 23.4. The first-order valence-electron chi connectivity index (χ1n) is 7.49. The topological polar surface area (TPSA) is 67.4 Å². The summed E-state index contributed by atoms with van der Waals surface area (Å²) in [5, 5.41) is 6.11. The summed E-state index contributed by atoms with van der Waals surface area (Å²) in [6.07, 6.45) is 3.69. The van der Waals surface area contributed by atoms with E-state index < -0.39 is 0 Å². The van der Waals surface area contributed by atoms with Gasteiger partial charge in [-0.1, -0.05) is 6.92 Å². The molecule has 1 aromatic carbocycles. The van der Waals surface area contributed by atoms with Gasteiger partial charge in [-0.2, -0.15) is 0 Å². The van der Waals surface area contributed by atoms with Gasteiger partial charge in [0, 0.05) is 24.7 Å². The van der Waals surface area contributed by atoms with Gasteiger partial charge >= 0.3 is 5.97 Å². The summed E-state index contributed by atoms with van der Waals surface area (Å²) < 4.78 is 5.05. The van der Waals surface area contributed by atoms with E-state index in [2.05, 4.69) is 10.6 Å². The Morgan fingerprint density at radius 1 is 1.24 bits per heavy atom. The second-order valence-corrected chi connectivity index (χ2v) is 5.24. The molecule has 0 bridgehead atoms. The van der Waals surface area contributed by atoms with Crippen LogP contribution in [0.4, 0.5) is 5.69 Å². The highest BCUT2D eigenvalue weighted by atomic mass is 16.5. The van der Waals surface area contributed by atoms with Crippen LogP contribution in [0.1, 0.15) is 43.0 Å². The fraction of sp³-hybridized carbons (Fsp3) is 0.500. The molecule has 0 saturated heterocycles. The molecule has 0 atom stereocenters. The molecule has 0 unspecified atom stereocenters. The number of nitrogens with one attached hydrogen (secondary N) is 2. The number of esters is 1. The van der Waals surface area contributed by atoms with Crippen molar-refractivity contribution >= 4 is 17.6 Å². The van der Waals surface area contributed by atoms with Crippen LogP contribution in [0, 0.1) is 0 Å². The maximum atomic E-state index is 11.7. The van der Waals surface area contributed by atoms with E-state index in [1.165, 1.54) is 12.8 Å². The Balaban J connectivity index is 1.75. The first-order chi connectivity index (χ1) is 10.2. The van der Waals surface area contributed by atoms with E-state index in [-0.39, 0.29) is 11.9 Å². The average Bonchev–Trinajstić information content (AvgIpc) is 3.29. The van der Waals surface area contributed by atoms with Gasteiger partial charge in [0.25, 0.3) is 0 Å². The van der Waals surface area contributed by atoms with E-state index >= 15 is 0 Å². The molecule has 1 aliphatic rings. The van der Waals surface area contributed by atoms with Gasteiger partial charge in [0.05, 0.1) is 12.2 Å². The predicted molar refractivity (Wildman–Crippen MR) is 81.3 cm³/mol. The molecule has 1 fully saturated rings. The van der Waals surface area contributed by atoms with Gasteiger partial charge in [0.1, 0.15) is 0 Å². The summed E-state index contributed by atoms with van der Waals surface area (Å²) in [6, 6.07) is 7.38. The first kappa shape index (κ1) is 15.5. The van der Waals surface area contributed by atoms with Crippen LogP contribution in [0.15, 0.2) is 24.3 Å². The quantitative estimate of drug-likeness (QED) is 0.721. The molecule has 1 amide bonds. The average molecular weight is 290 g/mol. The molecule has 5 heteroatoms. The summed E-state index contributed by atoms with van der Waals surface area (Å²) in [5.74, 6) is -0.354. The molecule has 0 spiro atoms. The van der Waals surface area contributed by atoms with Crippen LogP contribution in [0.2, 0.25) is 0 Å². The standard InChI is InChI=1S/C16H22N2O3/c1-2-11-21-16(20)12-3-5-14(6-4-12)18-15(19)9-10-17-13-7-8-13/h3-6,13,17H,2,7-11H2,1H3,(H,18,19). The predicted octanol–water partition coefficient (Wildman–Crippen LogP) is 2.33. The van der Waals surface area contributed by atoms with Crippen LogP contribution in [0.3, 0.4) is 0 Å². The lowest BCUT2D eigenvalue weighted by atomic mass is 10.2. The number of rotatable bonds is 8. The van der Waals surface area contributed by atoms with Crippen molar-refractivity contribution in [3.8, 4) is 0 Å². The molecule has 0 aliphatic heterocycles. The minimum Gasteiger partial charge on any atom is -0.462 e. The van der Waals surface area contributed by atoms with Crippen LogP contribution >= 0.6 is 0 Å². The summed E-state index contributed by atoms with van der Waals surface area (Å²) in [7, 11) is 0. The number of anilines is 1. The molecular weight excluding hydrogens is 268 g/mol. The normalized spacial score (nSPS) is 13.8. The third-order valence-electron chi connectivity index (χ3n) is 3.20. The Morgan fingerprint density at radius 3 is 2.57 bits per heavy atom. The third kappa shape index (κ3) is 5.55. The van der Waals surface area contributed by atoms with E-state index in [4.69, 9.17) is 4.74 Å². The van der Waals surface area contributed by atoms with Crippen molar-refractivity contribution in [3.05, 3.63) is 29.8 Å². The second kappa shape index (κ2) is 7.78. The number of hydrogen-bond acceptors (Lipinski definition) is 4. The molecule has 1 aliphatic carbocycles. The van der Waals surface area contributed by atoms with Crippen LogP contribution < -0.4 is 10.6 Å². The van der Waals surface area contributed by atoms with Crippen molar-refractivity contribution in [3.63, 3.8) is 0 Å². The van der Waals surface area contributed by atoms with Crippen molar-refractivity contribution in [1.29, 1.82) is 0 Å². The lowest BCUT2D eigenvalue weighted by Crippen LogP contribution is -2.23. The van der Waals surface area contributed by atoms with Gasteiger partial charge in [-0.25, -0.2) is 4.79 Å². The largest absolute Gasteiger partial charge is 0.462 e. The van der Waals surface area contributed by atoms with E-state index in [0.29, 0.717) is 36.9 Å². The monoisotopic (exact) mass is 290 g/mol. The molecule has 2 N–H and O–H groups in total. The minimum absolute atomic E-state index is 0.0236. The van der Waals surface area contributed by atoms with E-state index in [1.54, 1.807) is 24.3 Å². The number of amides is 1. The van der Waals surface area contributed by atoms with Gasteiger partial charge < -0.3 is 15.4 Å². The highest BCUT2D eigenvalue weighted by Crippen LogP contribution is 2.18. The van der Waals surface area contributed by atoms with Crippen molar-refractivity contribution < 1.29 is 14.3 Å². The molecule has 0 aromatic heterocycles. The molecule has 1 saturated carbocycles. The number of carbonyl (C=O) groups is 2. The zero-order valence-electron chi connectivity index (χ0n) is 12.4. The molecular formula is C16H22N2O3. The van der Waals surface area contributed by atoms with Crippen molar-refractivity contribution in [1.82, 2.24) is 5.32 Å². The van der Waals surface area contributed by atoms with Crippen molar-refractivity contribution in [2.24, 2.45) is 0 Å². The fourth-order valence-corrected chi connectivity index (χ4v) is 1.87. The minimum atomic E-state index is -0.330. The van der Waals surface area contributed by atoms with E-state index in [1.807, 2.05) is 6.92 Å². The molecule has 21 heavy (non-hydrogen) atoms. The Labute approximate surface area is 125 Å². The molecule has 2 rings (SSSR count). The lowest BCUT2D eigenvalue weighted by Gasteiger charge is -2.07. The number of ether oxygens (including phenoxy) is 1. The summed E-state index contributed by atoms with van der Waals surface area (Å²) in [5.41, 5.74) is 1.19. The highest BCUT2D eigenvalue weighted by molar-refractivity contribution is 5.93. The first-order valence-corrected chi connectivity index (χ1v) is 7.49. The van der Waals surface area contributed by atoms with Crippen molar-refractivity contribution in [2.45, 2.75) is 38.6 Å². The fourth-order valence-electron chi connectivity index (χ4n) is 1.87. The van der Waals surface area contributed by atoms with Gasteiger partial charge in [0.2, 0.25) is 5.91 Å². The van der Waals surface area contributed by atoms with Crippen LogP contribution in [-0.4, -0.2) is 31.1 Å². The second-order valence-electron chi connectivity index (χ2n) is 5.24. The maximum Gasteiger partial charge on any atom is 0.338 e. The Bertz CT molecular complexity index is 481. The van der Waals surface area contributed by atoms with Crippen LogP contribution in [0.25, 0.3) is 0 Å². The Hall–Kier alpha value is -1.88. The number of benzene rings is 1. The summed E-state index contributed by atoms with van der Waals surface area (Å²) in [6.45, 7) is 3.08. The van der Waals surface area contributed by atoms with Gasteiger partial charge in [-0.05, 0) is 43.5 Å². The smallest absolute Gasteiger partial charge is 0.338 e. The number of carbonyl (C=O) groups excluding carboxylic acids is 2. The highest BCUT2D eigenvalue weighted by Gasteiger charge is 2.20. The SMILES string of the molecule is CCCOC(=O)c1ccc(NC(=O)CCNC2CC2)cc1. The van der Waals surface area contributed by atoms with Gasteiger partial charge in [0.15, 0.2) is 0 Å². The summed E-state index contributed by atoms with van der Waals surface area (Å²) >= 11 is 0. The molecule has 0 heterocycles. The van der Waals surface area contributed by atoms with E-state index in [0.717, 1.165) is 6.42 Å². The van der Waals surface area contributed by atoms with Gasteiger partial charge in [-0.15, -0.1) is 0 Å². The molecule has 114 valence electrons. The molecule has 1 aromatic rings. The maximum absolute atomic E-state index is 11.7. The van der Waals surface area contributed by atoms with Crippen molar-refractivity contribution in [2.75, 3.05) is 18.5 Å². The number of hydrogen-bond donors (Lipinski definition) is 2. The third-order valence-corrected chi connectivity index (χ3v) is 3.20. The zero-order chi connectivity index (χ0) is 15.1. The zero-order valence-corrected chi connectivity index (χ0v) is 12.4. The van der Waals surface area contributed by atoms with E-state index in [9.17, 15) is 9.59 Å².